The number of nitrogens with one attached hydrogen (secondary N) is 1. The summed E-state index contributed by atoms with van der Waals surface area (Å²) in [5, 5.41) is 4.28. The molecule has 0 spiro atoms. The van der Waals surface area contributed by atoms with Crippen LogP contribution < -0.4 is 5.32 Å². The first-order chi connectivity index (χ1) is 7.91. The highest BCUT2D eigenvalue weighted by atomic mass is 32.1. The third-order valence-corrected chi connectivity index (χ3v) is 3.47. The zero-order chi connectivity index (χ0) is 13.0. The van der Waals surface area contributed by atoms with Crippen molar-refractivity contribution in [1.29, 1.82) is 0 Å². The Kier molecular flexibility index (Phi) is 5.08. The van der Waals surface area contributed by atoms with Crippen molar-refractivity contribution in [3.05, 3.63) is 11.3 Å². The van der Waals surface area contributed by atoms with Crippen molar-refractivity contribution in [2.45, 2.75) is 33.2 Å². The number of nitrogens with zero attached hydrogens (tertiary/aromatic N) is 2. The Hall–Kier alpha value is -0.940. The van der Waals surface area contributed by atoms with Gasteiger partial charge in [-0.2, -0.15) is 4.37 Å². The summed E-state index contributed by atoms with van der Waals surface area (Å²) in [5.41, 5.74) is 1.57. The minimum absolute atomic E-state index is 0.0820. The number of hydrogen-bond donors (Lipinski definition) is 1. The van der Waals surface area contributed by atoms with Gasteiger partial charge in [-0.25, -0.2) is 0 Å². The minimum atomic E-state index is 0.0820. The Bertz CT molecular complexity index is 387. The average molecular weight is 255 g/mol. The lowest BCUT2D eigenvalue weighted by Gasteiger charge is -2.17. The maximum atomic E-state index is 11.5. The summed E-state index contributed by atoms with van der Waals surface area (Å²) in [6.07, 6.45) is 1.04. The Morgan fingerprint density at radius 2 is 2.18 bits per heavy atom. The summed E-state index contributed by atoms with van der Waals surface area (Å²) >= 11 is 1.37. The molecule has 1 aromatic rings. The van der Waals surface area contributed by atoms with Crippen LogP contribution in [-0.2, 0) is 0 Å². The van der Waals surface area contributed by atoms with Crippen LogP contribution in [0.15, 0.2) is 0 Å². The molecule has 0 radical (unpaired) electrons. The maximum absolute atomic E-state index is 11.5. The first-order valence-electron chi connectivity index (χ1n) is 5.80. The van der Waals surface area contributed by atoms with Gasteiger partial charge in [0.1, 0.15) is 5.00 Å². The lowest BCUT2D eigenvalue weighted by molar-refractivity contribution is 0.101. The normalized spacial score (nSPS) is 12.8. The number of Topliss-reactive ketones (excluding diaryl/α,β-unsaturated/α-hetero) is 1. The summed E-state index contributed by atoms with van der Waals surface area (Å²) in [6, 6.07) is 0.343. The van der Waals surface area contributed by atoms with Crippen molar-refractivity contribution < 1.29 is 4.79 Å². The Labute approximate surface area is 107 Å². The monoisotopic (exact) mass is 255 g/mol. The Balaban J connectivity index is 2.65. The van der Waals surface area contributed by atoms with E-state index in [-0.39, 0.29) is 5.78 Å². The first kappa shape index (κ1) is 14.1. The molecule has 1 N–H and O–H groups in total. The number of aryl methyl sites for hydroxylation is 1. The lowest BCUT2D eigenvalue weighted by Crippen LogP contribution is -2.23. The van der Waals surface area contributed by atoms with Crippen molar-refractivity contribution in [2.24, 2.45) is 0 Å². The van der Waals surface area contributed by atoms with E-state index < -0.39 is 0 Å². The molecule has 5 heteroatoms. The molecular weight excluding hydrogens is 234 g/mol. The zero-order valence-electron chi connectivity index (χ0n) is 11.2. The molecule has 1 heterocycles. The molecule has 1 rings (SSSR count). The van der Waals surface area contributed by atoms with E-state index in [0.717, 1.165) is 29.2 Å². The number of carbonyl (C=O) groups is 1. The molecule has 0 amide bonds. The van der Waals surface area contributed by atoms with Crippen LogP contribution in [0.4, 0.5) is 5.00 Å². The molecule has 0 aliphatic carbocycles. The fraction of sp³-hybridized carbons (Fsp3) is 0.667. The van der Waals surface area contributed by atoms with Gasteiger partial charge in [-0.1, -0.05) is 0 Å². The molecule has 0 saturated carbocycles. The number of rotatable bonds is 6. The molecule has 1 unspecified atom stereocenters. The largest absolute Gasteiger partial charge is 0.373 e. The predicted octanol–water partition coefficient (Wildman–Crippen LogP) is 2.41. The molecule has 0 aliphatic rings. The Morgan fingerprint density at radius 3 is 2.71 bits per heavy atom. The van der Waals surface area contributed by atoms with E-state index >= 15 is 0 Å². The number of anilines is 1. The Morgan fingerprint density at radius 1 is 1.53 bits per heavy atom. The van der Waals surface area contributed by atoms with E-state index in [1.807, 2.05) is 6.92 Å². The second kappa shape index (κ2) is 6.12. The van der Waals surface area contributed by atoms with Crippen molar-refractivity contribution in [1.82, 2.24) is 9.27 Å². The molecule has 0 saturated heterocycles. The van der Waals surface area contributed by atoms with Gasteiger partial charge in [0, 0.05) is 6.04 Å². The summed E-state index contributed by atoms with van der Waals surface area (Å²) in [5.74, 6) is 0.0820. The third-order valence-electron chi connectivity index (χ3n) is 2.60. The first-order valence-corrected chi connectivity index (χ1v) is 6.57. The fourth-order valence-electron chi connectivity index (χ4n) is 1.63. The van der Waals surface area contributed by atoms with Gasteiger partial charge in [0.2, 0.25) is 0 Å². The minimum Gasteiger partial charge on any atom is -0.373 e. The van der Waals surface area contributed by atoms with Crippen molar-refractivity contribution in [3.8, 4) is 0 Å². The van der Waals surface area contributed by atoms with Crippen molar-refractivity contribution in [3.63, 3.8) is 0 Å². The van der Waals surface area contributed by atoms with E-state index in [0.29, 0.717) is 6.04 Å². The quantitative estimate of drug-likeness (QED) is 0.793. The summed E-state index contributed by atoms with van der Waals surface area (Å²) in [4.78, 5) is 13.7. The van der Waals surface area contributed by atoms with E-state index in [9.17, 15) is 4.79 Å². The predicted molar refractivity (Wildman–Crippen MR) is 73.1 cm³/mol. The smallest absolute Gasteiger partial charge is 0.164 e. The lowest BCUT2D eigenvalue weighted by atomic mass is 10.1. The van der Waals surface area contributed by atoms with Gasteiger partial charge in [0.15, 0.2) is 5.78 Å². The number of carbonyl (C=O) groups excluding carboxylic acids is 1. The van der Waals surface area contributed by atoms with Crippen molar-refractivity contribution in [2.75, 3.05) is 26.0 Å². The molecule has 1 aromatic heterocycles. The van der Waals surface area contributed by atoms with Gasteiger partial charge in [-0.05, 0) is 59.4 Å². The number of hydrogen-bond acceptors (Lipinski definition) is 5. The topological polar surface area (TPSA) is 45.2 Å². The molecule has 1 atom stereocenters. The number of ketones is 1. The SMILES string of the molecule is CC(=O)c1c(C)nsc1NC(C)CCN(C)C. The van der Waals surface area contributed by atoms with E-state index in [4.69, 9.17) is 0 Å². The van der Waals surface area contributed by atoms with Crippen LogP contribution in [0, 0.1) is 6.92 Å². The van der Waals surface area contributed by atoms with Crippen LogP contribution in [0.25, 0.3) is 0 Å². The van der Waals surface area contributed by atoms with Crippen LogP contribution in [0.1, 0.15) is 36.3 Å². The standard InChI is InChI=1S/C12H21N3OS/c1-8(6-7-15(4)5)13-12-11(10(3)16)9(2)14-17-12/h8,13H,6-7H2,1-5H3. The highest BCUT2D eigenvalue weighted by Crippen LogP contribution is 2.25. The third kappa shape index (κ3) is 4.09. The van der Waals surface area contributed by atoms with Gasteiger partial charge in [0.05, 0.1) is 11.3 Å². The van der Waals surface area contributed by atoms with E-state index in [2.05, 4.69) is 35.6 Å². The van der Waals surface area contributed by atoms with Crippen LogP contribution in [-0.4, -0.2) is 41.7 Å². The second-order valence-corrected chi connectivity index (χ2v) is 5.44. The van der Waals surface area contributed by atoms with E-state index in [1.54, 1.807) is 6.92 Å². The van der Waals surface area contributed by atoms with Gasteiger partial charge in [-0.3, -0.25) is 4.79 Å². The summed E-state index contributed by atoms with van der Waals surface area (Å²) in [6.45, 7) is 6.62. The van der Waals surface area contributed by atoms with Crippen LogP contribution in [0.3, 0.4) is 0 Å². The van der Waals surface area contributed by atoms with Gasteiger partial charge in [-0.15, -0.1) is 0 Å². The van der Waals surface area contributed by atoms with Gasteiger partial charge >= 0.3 is 0 Å². The molecule has 0 aromatic carbocycles. The van der Waals surface area contributed by atoms with E-state index in [1.165, 1.54) is 11.5 Å². The van der Waals surface area contributed by atoms with Gasteiger partial charge in [0.25, 0.3) is 0 Å². The van der Waals surface area contributed by atoms with Crippen molar-refractivity contribution >= 4 is 22.3 Å². The fourth-order valence-corrected chi connectivity index (χ4v) is 2.59. The average Bonchev–Trinajstić information content (AvgIpc) is 2.56. The zero-order valence-corrected chi connectivity index (χ0v) is 12.0. The van der Waals surface area contributed by atoms with Crippen LogP contribution in [0.2, 0.25) is 0 Å². The maximum Gasteiger partial charge on any atom is 0.164 e. The molecule has 0 bridgehead atoms. The van der Waals surface area contributed by atoms with Gasteiger partial charge < -0.3 is 10.2 Å². The second-order valence-electron chi connectivity index (χ2n) is 4.67. The molecule has 0 aliphatic heterocycles. The highest BCUT2D eigenvalue weighted by Gasteiger charge is 2.16. The highest BCUT2D eigenvalue weighted by molar-refractivity contribution is 7.10. The molecule has 17 heavy (non-hydrogen) atoms. The summed E-state index contributed by atoms with van der Waals surface area (Å²) in [7, 11) is 4.12. The molecule has 4 nitrogen and oxygen atoms in total. The van der Waals surface area contributed by atoms with Crippen LogP contribution >= 0.6 is 11.5 Å². The summed E-state index contributed by atoms with van der Waals surface area (Å²) < 4.78 is 4.23. The molecule has 0 fully saturated rings. The molecular formula is C12H21N3OS. The molecule has 96 valence electrons. The van der Waals surface area contributed by atoms with Crippen LogP contribution in [0.5, 0.6) is 0 Å². The number of aromatic nitrogens is 1.